The zero-order valence-electron chi connectivity index (χ0n) is 12.7. The van der Waals surface area contributed by atoms with Crippen LogP contribution in [0.1, 0.15) is 44.8 Å². The maximum Gasteiger partial charge on any atom is 0.303 e. The second-order valence-corrected chi connectivity index (χ2v) is 6.23. The summed E-state index contributed by atoms with van der Waals surface area (Å²) in [7, 11) is 1.63. The molecule has 1 aliphatic rings. The number of carbonyl (C=O) groups is 1. The van der Waals surface area contributed by atoms with E-state index >= 15 is 0 Å². The van der Waals surface area contributed by atoms with Crippen LogP contribution in [0.5, 0.6) is 0 Å². The zero-order valence-corrected chi connectivity index (χ0v) is 12.7. The van der Waals surface area contributed by atoms with Crippen molar-refractivity contribution in [3.05, 3.63) is 11.7 Å². The molecule has 2 heterocycles. The first-order chi connectivity index (χ1) is 9.87. The Morgan fingerprint density at radius 3 is 2.67 bits per heavy atom. The van der Waals surface area contributed by atoms with Crippen molar-refractivity contribution in [3.8, 4) is 0 Å². The number of rotatable bonds is 6. The van der Waals surface area contributed by atoms with Crippen molar-refractivity contribution >= 4 is 5.97 Å². The van der Waals surface area contributed by atoms with E-state index in [1.165, 1.54) is 0 Å². The van der Waals surface area contributed by atoms with Gasteiger partial charge in [-0.15, -0.1) is 0 Å². The summed E-state index contributed by atoms with van der Waals surface area (Å²) in [4.78, 5) is 15.3. The Kier molecular flexibility index (Phi) is 4.63. The van der Waals surface area contributed by atoms with Gasteiger partial charge in [-0.1, -0.05) is 19.0 Å². The van der Waals surface area contributed by atoms with Gasteiger partial charge in [0.2, 0.25) is 11.7 Å². The second-order valence-electron chi connectivity index (χ2n) is 6.23. The first-order valence-electron chi connectivity index (χ1n) is 7.05. The van der Waals surface area contributed by atoms with E-state index in [-0.39, 0.29) is 6.42 Å². The Morgan fingerprint density at radius 1 is 1.43 bits per heavy atom. The lowest BCUT2D eigenvalue weighted by Crippen LogP contribution is -2.36. The highest BCUT2D eigenvalue weighted by Gasteiger charge is 2.39. The van der Waals surface area contributed by atoms with Crippen molar-refractivity contribution < 1.29 is 23.9 Å². The van der Waals surface area contributed by atoms with Crippen molar-refractivity contribution in [2.45, 2.75) is 45.1 Å². The minimum Gasteiger partial charge on any atom is -0.481 e. The molecule has 7 heteroatoms. The molecule has 1 aliphatic heterocycles. The molecule has 2 rings (SSSR count). The minimum absolute atomic E-state index is 0.0496. The predicted octanol–water partition coefficient (Wildman–Crippen LogP) is 1.77. The Bertz CT molecular complexity index is 491. The zero-order chi connectivity index (χ0) is 15.5. The van der Waals surface area contributed by atoms with Crippen LogP contribution >= 0.6 is 0 Å². The number of ether oxygens (including phenoxy) is 2. The number of carboxylic acid groups (broad SMARTS) is 1. The molecule has 0 spiro atoms. The van der Waals surface area contributed by atoms with Gasteiger partial charge in [0.15, 0.2) is 0 Å². The molecule has 0 radical (unpaired) electrons. The number of hydrogen-bond donors (Lipinski definition) is 1. The van der Waals surface area contributed by atoms with Gasteiger partial charge >= 0.3 is 5.97 Å². The van der Waals surface area contributed by atoms with Crippen LogP contribution in [0.25, 0.3) is 0 Å². The first-order valence-corrected chi connectivity index (χ1v) is 7.05. The van der Waals surface area contributed by atoms with Crippen LogP contribution < -0.4 is 0 Å². The van der Waals surface area contributed by atoms with Crippen LogP contribution in [-0.2, 0) is 26.3 Å². The third-order valence-corrected chi connectivity index (χ3v) is 3.83. The van der Waals surface area contributed by atoms with Crippen molar-refractivity contribution in [1.82, 2.24) is 10.1 Å². The Labute approximate surface area is 123 Å². The summed E-state index contributed by atoms with van der Waals surface area (Å²) >= 11 is 0. The minimum atomic E-state index is -0.836. The lowest BCUT2D eigenvalue weighted by atomic mass is 9.85. The molecule has 118 valence electrons. The topological polar surface area (TPSA) is 94.7 Å². The molecule has 1 N–H and O–H groups in total. The molecular formula is C14H22N2O5. The number of carboxylic acids is 1. The predicted molar refractivity (Wildman–Crippen MR) is 72.8 cm³/mol. The SMILES string of the molecule is COC1(c2noc(CC(C)(C)CC(=O)O)n2)CCOCC1. The number of methoxy groups -OCH3 is 1. The molecule has 0 amide bonds. The highest BCUT2D eigenvalue weighted by Crippen LogP contribution is 2.34. The summed E-state index contributed by atoms with van der Waals surface area (Å²) in [6, 6.07) is 0. The van der Waals surface area contributed by atoms with Crippen LogP contribution in [0.3, 0.4) is 0 Å². The maximum absolute atomic E-state index is 10.9. The second kappa shape index (κ2) is 6.11. The van der Waals surface area contributed by atoms with E-state index in [1.807, 2.05) is 13.8 Å². The number of aliphatic carboxylic acids is 1. The molecule has 21 heavy (non-hydrogen) atoms. The quantitative estimate of drug-likeness (QED) is 0.855. The molecule has 1 aromatic rings. The van der Waals surface area contributed by atoms with E-state index in [1.54, 1.807) is 7.11 Å². The average Bonchev–Trinajstić information content (AvgIpc) is 2.86. The molecule has 0 aromatic carbocycles. The molecule has 1 saturated heterocycles. The fraction of sp³-hybridized carbons (Fsp3) is 0.786. The molecule has 0 bridgehead atoms. The summed E-state index contributed by atoms with van der Waals surface area (Å²) in [5.74, 6) is 0.131. The largest absolute Gasteiger partial charge is 0.481 e. The van der Waals surface area contributed by atoms with Gasteiger partial charge in [0, 0.05) is 39.6 Å². The van der Waals surface area contributed by atoms with Gasteiger partial charge in [0.1, 0.15) is 5.60 Å². The van der Waals surface area contributed by atoms with Gasteiger partial charge in [-0.25, -0.2) is 0 Å². The summed E-state index contributed by atoms with van der Waals surface area (Å²) in [5.41, 5.74) is -0.998. The van der Waals surface area contributed by atoms with Crippen LogP contribution in [-0.4, -0.2) is 41.5 Å². The lowest BCUT2D eigenvalue weighted by molar-refractivity contribution is -0.139. The summed E-state index contributed by atoms with van der Waals surface area (Å²) in [6.07, 6.45) is 1.83. The monoisotopic (exact) mass is 298 g/mol. The third kappa shape index (κ3) is 3.79. The van der Waals surface area contributed by atoms with Crippen molar-refractivity contribution in [2.75, 3.05) is 20.3 Å². The standard InChI is InChI=1S/C14H22N2O5/c1-13(2,9-11(17)18)8-10-15-12(16-21-10)14(19-3)4-6-20-7-5-14/h4-9H2,1-3H3,(H,17,18). The fourth-order valence-corrected chi connectivity index (χ4v) is 2.61. The Morgan fingerprint density at radius 2 is 2.10 bits per heavy atom. The average molecular weight is 298 g/mol. The molecule has 1 aromatic heterocycles. The summed E-state index contributed by atoms with van der Waals surface area (Å²) in [6.45, 7) is 4.93. The van der Waals surface area contributed by atoms with Crippen LogP contribution in [0.2, 0.25) is 0 Å². The smallest absolute Gasteiger partial charge is 0.303 e. The van der Waals surface area contributed by atoms with Crippen molar-refractivity contribution in [3.63, 3.8) is 0 Å². The third-order valence-electron chi connectivity index (χ3n) is 3.83. The van der Waals surface area contributed by atoms with Gasteiger partial charge < -0.3 is 19.1 Å². The molecule has 0 unspecified atom stereocenters. The highest BCUT2D eigenvalue weighted by atomic mass is 16.5. The van der Waals surface area contributed by atoms with E-state index in [4.69, 9.17) is 19.1 Å². The van der Waals surface area contributed by atoms with E-state index in [9.17, 15) is 4.79 Å². The maximum atomic E-state index is 10.9. The van der Waals surface area contributed by atoms with Crippen molar-refractivity contribution in [1.29, 1.82) is 0 Å². The summed E-state index contributed by atoms with van der Waals surface area (Å²) in [5, 5.41) is 12.9. The lowest BCUT2D eigenvalue weighted by Gasteiger charge is -2.32. The van der Waals surface area contributed by atoms with Gasteiger partial charge in [0.05, 0.1) is 6.42 Å². The van der Waals surface area contributed by atoms with Gasteiger partial charge in [0.25, 0.3) is 0 Å². The van der Waals surface area contributed by atoms with E-state index in [0.29, 0.717) is 44.2 Å². The molecule has 0 atom stereocenters. The van der Waals surface area contributed by atoms with Crippen LogP contribution in [0.4, 0.5) is 0 Å². The molecule has 1 fully saturated rings. The van der Waals surface area contributed by atoms with Crippen LogP contribution in [0.15, 0.2) is 4.52 Å². The van der Waals surface area contributed by atoms with Crippen LogP contribution in [0, 0.1) is 5.41 Å². The van der Waals surface area contributed by atoms with Gasteiger partial charge in [-0.3, -0.25) is 4.79 Å². The Balaban J connectivity index is 2.12. The normalized spacial score (nSPS) is 18.6. The molecule has 7 nitrogen and oxygen atoms in total. The molecule has 0 aliphatic carbocycles. The van der Waals surface area contributed by atoms with E-state index < -0.39 is 17.0 Å². The first kappa shape index (κ1) is 15.9. The number of aromatic nitrogens is 2. The molecular weight excluding hydrogens is 276 g/mol. The van der Waals surface area contributed by atoms with Gasteiger partial charge in [-0.05, 0) is 5.41 Å². The van der Waals surface area contributed by atoms with E-state index in [2.05, 4.69) is 10.1 Å². The summed E-state index contributed by atoms with van der Waals surface area (Å²) < 4.78 is 16.2. The highest BCUT2D eigenvalue weighted by molar-refractivity contribution is 5.67. The Hall–Kier alpha value is -1.47. The van der Waals surface area contributed by atoms with Gasteiger partial charge in [-0.2, -0.15) is 4.98 Å². The van der Waals surface area contributed by atoms with E-state index in [0.717, 1.165) is 0 Å². The number of nitrogens with zero attached hydrogens (tertiary/aromatic N) is 2. The van der Waals surface area contributed by atoms with Crippen molar-refractivity contribution in [2.24, 2.45) is 5.41 Å². The molecule has 0 saturated carbocycles. The fourth-order valence-electron chi connectivity index (χ4n) is 2.61. The number of hydrogen-bond acceptors (Lipinski definition) is 6.